The number of nitrogens with zero attached hydrogens (tertiary/aromatic N) is 3. The summed E-state index contributed by atoms with van der Waals surface area (Å²) >= 11 is 0. The van der Waals surface area contributed by atoms with Crippen molar-refractivity contribution in [3.63, 3.8) is 0 Å². The van der Waals surface area contributed by atoms with E-state index in [0.717, 1.165) is 4.31 Å². The molecule has 1 atom stereocenters. The number of carbonyl (C=O) groups is 1. The second kappa shape index (κ2) is 9.77. The summed E-state index contributed by atoms with van der Waals surface area (Å²) in [4.78, 5) is 21.4. The molecule has 10 nitrogen and oxygen atoms in total. The fourth-order valence-electron chi connectivity index (χ4n) is 3.25. The minimum absolute atomic E-state index is 0.0261. The summed E-state index contributed by atoms with van der Waals surface area (Å²) in [6.45, 7) is -0.164. The normalized spacial score (nSPS) is 17.6. The molecule has 170 valence electrons. The molecule has 1 aliphatic heterocycles. The Labute approximate surface area is 190 Å². The van der Waals surface area contributed by atoms with Crippen molar-refractivity contribution in [2.45, 2.75) is 17.4 Å². The number of sulfonamides is 1. The van der Waals surface area contributed by atoms with Gasteiger partial charge in [-0.2, -0.15) is 4.31 Å². The molecule has 11 heteroatoms. The van der Waals surface area contributed by atoms with Gasteiger partial charge in [0.2, 0.25) is 10.0 Å². The van der Waals surface area contributed by atoms with Gasteiger partial charge in [0.05, 0.1) is 17.2 Å². The molecule has 4 rings (SSSR count). The van der Waals surface area contributed by atoms with Crippen molar-refractivity contribution < 1.29 is 28.0 Å². The molecule has 0 radical (unpaired) electrons. The lowest BCUT2D eigenvalue weighted by molar-refractivity contribution is -0.132. The van der Waals surface area contributed by atoms with Gasteiger partial charge in [0.25, 0.3) is 5.91 Å². The van der Waals surface area contributed by atoms with Crippen LogP contribution in [0.5, 0.6) is 17.2 Å². The summed E-state index contributed by atoms with van der Waals surface area (Å²) in [7, 11) is -4.09. The van der Waals surface area contributed by atoms with Crippen molar-refractivity contribution >= 4 is 21.6 Å². The largest absolute Gasteiger partial charge is 0.457 e. The maximum atomic E-state index is 13.3. The second-order valence-electron chi connectivity index (χ2n) is 7.06. The Bertz CT molecular complexity index is 1230. The van der Waals surface area contributed by atoms with Gasteiger partial charge in [-0.25, -0.2) is 13.9 Å². The molecule has 0 aliphatic carbocycles. The average Bonchev–Trinajstić information content (AvgIpc) is 3.29. The quantitative estimate of drug-likeness (QED) is 0.403. The molecule has 0 saturated carbocycles. The molecule has 0 bridgehead atoms. The van der Waals surface area contributed by atoms with E-state index in [1.54, 1.807) is 48.8 Å². The molecule has 0 unspecified atom stereocenters. The first-order valence-electron chi connectivity index (χ1n) is 9.89. The number of amides is 1. The molecule has 1 aliphatic rings. The third-order valence-electron chi connectivity index (χ3n) is 4.87. The zero-order valence-corrected chi connectivity index (χ0v) is 18.1. The molecule has 2 N–H and O–H groups in total. The number of oxime groups is 1. The number of hydroxylamine groups is 1. The number of hydrogen-bond donors (Lipinski definition) is 2. The summed E-state index contributed by atoms with van der Waals surface area (Å²) in [5, 5.41) is 13.1. The highest BCUT2D eigenvalue weighted by molar-refractivity contribution is 7.89. The minimum Gasteiger partial charge on any atom is -0.457 e. The van der Waals surface area contributed by atoms with Crippen molar-refractivity contribution in [1.29, 1.82) is 0 Å². The Hall–Kier alpha value is -3.80. The summed E-state index contributed by atoms with van der Waals surface area (Å²) in [6.07, 6.45) is 3.13. The highest BCUT2D eigenvalue weighted by Gasteiger charge is 2.43. The van der Waals surface area contributed by atoms with E-state index in [-0.39, 0.29) is 17.9 Å². The summed E-state index contributed by atoms with van der Waals surface area (Å²) < 4.78 is 33.2. The molecule has 3 aromatic rings. The maximum absolute atomic E-state index is 13.3. The minimum atomic E-state index is -4.09. The first-order valence-corrected chi connectivity index (χ1v) is 11.3. The third-order valence-corrected chi connectivity index (χ3v) is 6.74. The molecule has 0 spiro atoms. The number of aromatic nitrogens is 1. The van der Waals surface area contributed by atoms with Crippen molar-refractivity contribution in [2.24, 2.45) is 5.16 Å². The lowest BCUT2D eigenvalue weighted by Gasteiger charge is -2.21. The molecule has 1 saturated heterocycles. The van der Waals surface area contributed by atoms with Crippen LogP contribution in [-0.2, 0) is 14.8 Å². The van der Waals surface area contributed by atoms with Gasteiger partial charge in [-0.05, 0) is 48.5 Å². The van der Waals surface area contributed by atoms with Gasteiger partial charge in [0.1, 0.15) is 17.5 Å². The molecule has 2 aromatic carbocycles. The predicted octanol–water partition coefficient (Wildman–Crippen LogP) is 2.58. The highest BCUT2D eigenvalue weighted by atomic mass is 32.2. The van der Waals surface area contributed by atoms with Crippen LogP contribution in [0.25, 0.3) is 0 Å². The van der Waals surface area contributed by atoms with Crippen LogP contribution < -0.4 is 15.1 Å². The Balaban J connectivity index is 1.54. The smallest absolute Gasteiger partial charge is 0.262 e. The van der Waals surface area contributed by atoms with Crippen LogP contribution >= 0.6 is 0 Å². The van der Waals surface area contributed by atoms with Crippen LogP contribution in [0.1, 0.15) is 6.42 Å². The molecule has 2 heterocycles. The average molecular weight is 468 g/mol. The van der Waals surface area contributed by atoms with Crippen molar-refractivity contribution in [3.8, 4) is 17.2 Å². The van der Waals surface area contributed by atoms with E-state index in [4.69, 9.17) is 14.8 Å². The van der Waals surface area contributed by atoms with Crippen molar-refractivity contribution in [2.75, 3.05) is 6.54 Å². The second-order valence-corrected chi connectivity index (χ2v) is 8.96. The molecule has 1 amide bonds. The number of para-hydroxylation sites is 1. The Morgan fingerprint density at radius 2 is 1.67 bits per heavy atom. The van der Waals surface area contributed by atoms with E-state index in [2.05, 4.69) is 10.1 Å². The SMILES string of the molecule is O=C(NO)[C@H]1C/C(=N\Oc2ccccc2)CN1S(=O)(=O)c1ccc(Oc2ccncc2)cc1. The van der Waals surface area contributed by atoms with Gasteiger partial charge in [0, 0.05) is 18.8 Å². The standard InChI is InChI=1S/C22H20N4O6S/c27-22(24-28)21-14-16(25-32-19-4-2-1-3-5-19)15-26(21)33(29,30)20-8-6-17(7-9-20)31-18-10-12-23-13-11-18/h1-13,21,28H,14-15H2,(H,24,27)/b25-16+/t21-/m1/s1. The number of pyridine rings is 1. The van der Waals surface area contributed by atoms with Crippen molar-refractivity contribution in [1.82, 2.24) is 14.8 Å². The van der Waals surface area contributed by atoms with Gasteiger partial charge in [-0.15, -0.1) is 0 Å². The summed E-state index contributed by atoms with van der Waals surface area (Å²) in [6, 6.07) is 16.7. The molecular formula is C22H20N4O6S. The van der Waals surface area contributed by atoms with Gasteiger partial charge in [0.15, 0.2) is 5.75 Å². The summed E-state index contributed by atoms with van der Waals surface area (Å²) in [5.74, 6) is 0.601. The number of hydrogen-bond acceptors (Lipinski definition) is 8. The predicted molar refractivity (Wildman–Crippen MR) is 117 cm³/mol. The van der Waals surface area contributed by atoms with E-state index in [0.29, 0.717) is 23.0 Å². The van der Waals surface area contributed by atoms with Crippen LogP contribution in [0.3, 0.4) is 0 Å². The van der Waals surface area contributed by atoms with Gasteiger partial charge < -0.3 is 9.57 Å². The number of nitrogens with one attached hydrogen (secondary N) is 1. The molecule has 1 fully saturated rings. The topological polar surface area (TPSA) is 130 Å². The summed E-state index contributed by atoms with van der Waals surface area (Å²) in [5.41, 5.74) is 1.87. The lowest BCUT2D eigenvalue weighted by Crippen LogP contribution is -2.45. The van der Waals surface area contributed by atoms with Crippen molar-refractivity contribution in [3.05, 3.63) is 79.1 Å². The van der Waals surface area contributed by atoms with Crippen LogP contribution in [-0.4, -0.2) is 47.1 Å². The zero-order valence-electron chi connectivity index (χ0n) is 17.2. The van der Waals surface area contributed by atoms with E-state index >= 15 is 0 Å². The third kappa shape index (κ3) is 5.17. The Morgan fingerprint density at radius 3 is 2.33 bits per heavy atom. The lowest BCUT2D eigenvalue weighted by atomic mass is 10.2. The van der Waals surface area contributed by atoms with E-state index in [1.807, 2.05) is 6.07 Å². The first kappa shape index (κ1) is 22.4. The fraction of sp³-hybridized carbons (Fsp3) is 0.136. The molecule has 33 heavy (non-hydrogen) atoms. The first-order chi connectivity index (χ1) is 16.0. The van der Waals surface area contributed by atoms with Crippen LogP contribution in [0.4, 0.5) is 0 Å². The number of carbonyl (C=O) groups excluding carboxylic acids is 1. The number of ether oxygens (including phenoxy) is 1. The van der Waals surface area contributed by atoms with E-state index < -0.39 is 22.0 Å². The van der Waals surface area contributed by atoms with E-state index in [1.165, 1.54) is 29.7 Å². The monoisotopic (exact) mass is 468 g/mol. The van der Waals surface area contributed by atoms with E-state index in [9.17, 15) is 13.2 Å². The zero-order chi connectivity index (χ0) is 23.3. The number of benzene rings is 2. The van der Waals surface area contributed by atoms with Crippen LogP contribution in [0.15, 0.2) is 89.2 Å². The van der Waals surface area contributed by atoms with Gasteiger partial charge >= 0.3 is 0 Å². The Morgan fingerprint density at radius 1 is 1.00 bits per heavy atom. The van der Waals surface area contributed by atoms with Gasteiger partial charge in [-0.3, -0.25) is 15.0 Å². The van der Waals surface area contributed by atoms with Crippen LogP contribution in [0.2, 0.25) is 0 Å². The van der Waals surface area contributed by atoms with Gasteiger partial charge in [-0.1, -0.05) is 23.4 Å². The maximum Gasteiger partial charge on any atom is 0.262 e. The fourth-order valence-corrected chi connectivity index (χ4v) is 4.83. The highest BCUT2D eigenvalue weighted by Crippen LogP contribution is 2.28. The molecule has 1 aromatic heterocycles. The number of rotatable bonds is 7. The Kier molecular flexibility index (Phi) is 6.63. The van der Waals surface area contributed by atoms with Crippen LogP contribution in [0, 0.1) is 0 Å². The molecular weight excluding hydrogens is 448 g/mol.